The number of hydrogen-bond acceptors (Lipinski definition) is 3. The van der Waals surface area contributed by atoms with Gasteiger partial charge in [0.25, 0.3) is 5.91 Å². The van der Waals surface area contributed by atoms with Crippen molar-refractivity contribution in [3.63, 3.8) is 0 Å². The van der Waals surface area contributed by atoms with Gasteiger partial charge in [-0.2, -0.15) is 0 Å². The van der Waals surface area contributed by atoms with E-state index in [0.717, 1.165) is 24.1 Å². The van der Waals surface area contributed by atoms with E-state index in [-0.39, 0.29) is 5.91 Å². The van der Waals surface area contributed by atoms with E-state index in [0.29, 0.717) is 22.3 Å². The molecule has 1 saturated carbocycles. The molecule has 20 heavy (non-hydrogen) atoms. The SMILES string of the molecule is Cc1cc(NC(=O)c2cc(C3CC3)ncn2)ccc1Cl. The maximum absolute atomic E-state index is 12.2. The summed E-state index contributed by atoms with van der Waals surface area (Å²) in [6, 6.07) is 7.15. The predicted octanol–water partition coefficient (Wildman–Crippen LogP) is 3.57. The van der Waals surface area contributed by atoms with Gasteiger partial charge in [0.1, 0.15) is 12.0 Å². The highest BCUT2D eigenvalue weighted by atomic mass is 35.5. The van der Waals surface area contributed by atoms with Gasteiger partial charge in [-0.05, 0) is 49.6 Å². The topological polar surface area (TPSA) is 54.9 Å². The van der Waals surface area contributed by atoms with E-state index in [1.807, 2.05) is 13.0 Å². The number of halogens is 1. The number of aromatic nitrogens is 2. The Morgan fingerprint density at radius 3 is 2.80 bits per heavy atom. The Morgan fingerprint density at radius 1 is 1.30 bits per heavy atom. The lowest BCUT2D eigenvalue weighted by Crippen LogP contribution is -2.14. The average molecular weight is 288 g/mol. The van der Waals surface area contributed by atoms with Gasteiger partial charge < -0.3 is 5.32 Å². The van der Waals surface area contributed by atoms with Crippen LogP contribution in [0.1, 0.15) is 40.5 Å². The van der Waals surface area contributed by atoms with Gasteiger partial charge in [-0.1, -0.05) is 11.6 Å². The third-order valence-electron chi connectivity index (χ3n) is 3.33. The second-order valence-electron chi connectivity index (χ2n) is 5.02. The van der Waals surface area contributed by atoms with Crippen molar-refractivity contribution in [3.8, 4) is 0 Å². The van der Waals surface area contributed by atoms with Crippen LogP contribution < -0.4 is 5.32 Å². The van der Waals surface area contributed by atoms with Gasteiger partial charge in [0.15, 0.2) is 0 Å². The molecule has 1 aromatic heterocycles. The van der Waals surface area contributed by atoms with Crippen molar-refractivity contribution in [2.75, 3.05) is 5.32 Å². The normalized spacial score (nSPS) is 14.1. The van der Waals surface area contributed by atoms with E-state index in [9.17, 15) is 4.79 Å². The number of amides is 1. The number of nitrogens with zero attached hydrogens (tertiary/aromatic N) is 2. The predicted molar refractivity (Wildman–Crippen MR) is 78.1 cm³/mol. The molecule has 0 bridgehead atoms. The number of carbonyl (C=O) groups is 1. The molecule has 0 aliphatic heterocycles. The van der Waals surface area contributed by atoms with Crippen LogP contribution in [0.5, 0.6) is 0 Å². The van der Waals surface area contributed by atoms with Crippen LogP contribution in [-0.2, 0) is 0 Å². The van der Waals surface area contributed by atoms with Crippen LogP contribution in [0, 0.1) is 6.92 Å². The molecule has 0 atom stereocenters. The quantitative estimate of drug-likeness (QED) is 0.939. The molecule has 1 amide bonds. The molecule has 5 heteroatoms. The third-order valence-corrected chi connectivity index (χ3v) is 3.76. The zero-order chi connectivity index (χ0) is 14.1. The molecule has 1 N–H and O–H groups in total. The van der Waals surface area contributed by atoms with Gasteiger partial charge in [0.2, 0.25) is 0 Å². The highest BCUT2D eigenvalue weighted by Crippen LogP contribution is 2.38. The third kappa shape index (κ3) is 2.80. The fourth-order valence-electron chi connectivity index (χ4n) is 2.02. The number of rotatable bonds is 3. The van der Waals surface area contributed by atoms with Crippen molar-refractivity contribution in [3.05, 3.63) is 52.6 Å². The fourth-order valence-corrected chi connectivity index (χ4v) is 2.13. The summed E-state index contributed by atoms with van der Waals surface area (Å²) in [5, 5.41) is 3.51. The zero-order valence-corrected chi connectivity index (χ0v) is 11.8. The lowest BCUT2D eigenvalue weighted by molar-refractivity contribution is 0.102. The molecule has 2 aromatic rings. The van der Waals surface area contributed by atoms with E-state index in [1.165, 1.54) is 6.33 Å². The monoisotopic (exact) mass is 287 g/mol. The summed E-state index contributed by atoms with van der Waals surface area (Å²) < 4.78 is 0. The summed E-state index contributed by atoms with van der Waals surface area (Å²) in [5.74, 6) is 0.276. The maximum Gasteiger partial charge on any atom is 0.274 e. The van der Waals surface area contributed by atoms with Crippen molar-refractivity contribution in [1.82, 2.24) is 9.97 Å². The molecule has 4 nitrogen and oxygen atoms in total. The summed E-state index contributed by atoms with van der Waals surface area (Å²) in [5.41, 5.74) is 2.99. The van der Waals surface area contributed by atoms with E-state index in [4.69, 9.17) is 11.6 Å². The molecular formula is C15H14ClN3O. The van der Waals surface area contributed by atoms with E-state index < -0.39 is 0 Å². The van der Waals surface area contributed by atoms with Crippen molar-refractivity contribution in [2.45, 2.75) is 25.7 Å². The van der Waals surface area contributed by atoms with Gasteiger partial charge in [-0.15, -0.1) is 0 Å². The van der Waals surface area contributed by atoms with E-state index in [1.54, 1.807) is 18.2 Å². The van der Waals surface area contributed by atoms with Gasteiger partial charge in [-0.25, -0.2) is 9.97 Å². The molecule has 1 aliphatic carbocycles. The maximum atomic E-state index is 12.2. The summed E-state index contributed by atoms with van der Waals surface area (Å²) in [7, 11) is 0. The van der Waals surface area contributed by atoms with Crippen LogP contribution in [0.3, 0.4) is 0 Å². The zero-order valence-electron chi connectivity index (χ0n) is 11.1. The average Bonchev–Trinajstić information content (AvgIpc) is 3.28. The van der Waals surface area contributed by atoms with Crippen molar-refractivity contribution in [2.24, 2.45) is 0 Å². The van der Waals surface area contributed by atoms with Crippen LogP contribution in [0.2, 0.25) is 5.02 Å². The highest BCUT2D eigenvalue weighted by Gasteiger charge is 2.25. The largest absolute Gasteiger partial charge is 0.321 e. The van der Waals surface area contributed by atoms with Gasteiger partial charge in [0, 0.05) is 22.3 Å². The fraction of sp³-hybridized carbons (Fsp3) is 0.267. The smallest absolute Gasteiger partial charge is 0.274 e. The Bertz CT molecular complexity index is 668. The number of benzene rings is 1. The summed E-state index contributed by atoms with van der Waals surface area (Å²) in [4.78, 5) is 20.4. The minimum absolute atomic E-state index is 0.226. The van der Waals surface area contributed by atoms with Gasteiger partial charge in [0.05, 0.1) is 0 Å². The van der Waals surface area contributed by atoms with Crippen molar-refractivity contribution in [1.29, 1.82) is 0 Å². The van der Waals surface area contributed by atoms with Crippen LogP contribution in [0.15, 0.2) is 30.6 Å². The van der Waals surface area contributed by atoms with Crippen LogP contribution >= 0.6 is 11.6 Å². The van der Waals surface area contributed by atoms with Crippen LogP contribution in [0.4, 0.5) is 5.69 Å². The second kappa shape index (κ2) is 5.21. The molecule has 1 fully saturated rings. The molecule has 1 heterocycles. The second-order valence-corrected chi connectivity index (χ2v) is 5.43. The molecule has 0 unspecified atom stereocenters. The van der Waals surface area contributed by atoms with Gasteiger partial charge >= 0.3 is 0 Å². The van der Waals surface area contributed by atoms with Crippen molar-refractivity contribution >= 4 is 23.2 Å². The lowest BCUT2D eigenvalue weighted by atomic mass is 10.2. The molecule has 0 spiro atoms. The first-order valence-electron chi connectivity index (χ1n) is 6.53. The van der Waals surface area contributed by atoms with Gasteiger partial charge in [-0.3, -0.25) is 4.79 Å². The Hall–Kier alpha value is -1.94. The lowest BCUT2D eigenvalue weighted by Gasteiger charge is -2.07. The van der Waals surface area contributed by atoms with E-state index >= 15 is 0 Å². The molecule has 1 aliphatic rings. The Morgan fingerprint density at radius 2 is 2.10 bits per heavy atom. The molecule has 3 rings (SSSR count). The highest BCUT2D eigenvalue weighted by molar-refractivity contribution is 6.31. The first kappa shape index (κ1) is 13.1. The number of aryl methyl sites for hydroxylation is 1. The first-order valence-corrected chi connectivity index (χ1v) is 6.91. The van der Waals surface area contributed by atoms with E-state index in [2.05, 4.69) is 15.3 Å². The molecule has 102 valence electrons. The minimum Gasteiger partial charge on any atom is -0.321 e. The van der Waals surface area contributed by atoms with Crippen LogP contribution in [-0.4, -0.2) is 15.9 Å². The molecular weight excluding hydrogens is 274 g/mol. The van der Waals surface area contributed by atoms with Crippen LogP contribution in [0.25, 0.3) is 0 Å². The first-order chi connectivity index (χ1) is 9.63. The number of nitrogens with one attached hydrogen (secondary N) is 1. The number of hydrogen-bond donors (Lipinski definition) is 1. The standard InChI is InChI=1S/C15H14ClN3O/c1-9-6-11(4-5-12(9)16)19-15(20)14-7-13(10-2-3-10)17-8-18-14/h4-8,10H,2-3H2,1H3,(H,19,20). The number of anilines is 1. The molecule has 1 aromatic carbocycles. The minimum atomic E-state index is -0.226. The Labute approximate surface area is 122 Å². The molecule has 0 saturated heterocycles. The summed E-state index contributed by atoms with van der Waals surface area (Å²) in [6.45, 7) is 1.90. The summed E-state index contributed by atoms with van der Waals surface area (Å²) in [6.07, 6.45) is 3.75. The Balaban J connectivity index is 1.78. The molecule has 0 radical (unpaired) electrons. The van der Waals surface area contributed by atoms with Crippen molar-refractivity contribution < 1.29 is 4.79 Å². The number of carbonyl (C=O) groups excluding carboxylic acids is 1. The summed E-state index contributed by atoms with van der Waals surface area (Å²) >= 11 is 5.96. The Kier molecular flexibility index (Phi) is 3.40.